The van der Waals surface area contributed by atoms with Crippen molar-refractivity contribution in [1.82, 2.24) is 4.90 Å². The molecule has 0 radical (unpaired) electrons. The Morgan fingerprint density at radius 2 is 2.11 bits per heavy atom. The van der Waals surface area contributed by atoms with E-state index in [0.717, 1.165) is 31.6 Å². The van der Waals surface area contributed by atoms with Crippen LogP contribution in [0.2, 0.25) is 0 Å². The lowest BCUT2D eigenvalue weighted by molar-refractivity contribution is -0.143. The molecule has 0 aliphatic rings. The van der Waals surface area contributed by atoms with Crippen molar-refractivity contribution in [2.45, 2.75) is 40.0 Å². The fourth-order valence-corrected chi connectivity index (χ4v) is 1.50. The van der Waals surface area contributed by atoms with Gasteiger partial charge in [0.15, 0.2) is 0 Å². The first-order valence-electron chi connectivity index (χ1n) is 6.93. The molecule has 0 rings (SSSR count). The van der Waals surface area contributed by atoms with Gasteiger partial charge in [-0.05, 0) is 32.8 Å². The maximum Gasteiger partial charge on any atom is 0.305 e. The summed E-state index contributed by atoms with van der Waals surface area (Å²) in [6.45, 7) is 11.7. The lowest BCUT2D eigenvalue weighted by atomic mass is 10.3. The predicted molar refractivity (Wildman–Crippen MR) is 80.2 cm³/mol. The molecule has 0 bridgehead atoms. The van der Waals surface area contributed by atoms with Crippen LogP contribution >= 0.6 is 0 Å². The van der Waals surface area contributed by atoms with Gasteiger partial charge in [-0.1, -0.05) is 19.6 Å². The Kier molecular flexibility index (Phi) is 10.6. The van der Waals surface area contributed by atoms with Gasteiger partial charge < -0.3 is 9.64 Å². The minimum absolute atomic E-state index is 0.128. The minimum atomic E-state index is -0.128. The van der Waals surface area contributed by atoms with Crippen LogP contribution < -0.4 is 0 Å². The highest BCUT2D eigenvalue weighted by atomic mass is 16.5. The van der Waals surface area contributed by atoms with E-state index in [1.54, 1.807) is 6.08 Å². The molecule has 4 heteroatoms. The third kappa shape index (κ3) is 9.05. The van der Waals surface area contributed by atoms with E-state index >= 15 is 0 Å². The topological polar surface area (TPSA) is 41.9 Å². The average molecular weight is 266 g/mol. The van der Waals surface area contributed by atoms with Gasteiger partial charge in [-0.3, -0.25) is 4.79 Å². The van der Waals surface area contributed by atoms with E-state index in [4.69, 9.17) is 4.74 Å². The Morgan fingerprint density at radius 3 is 2.63 bits per heavy atom. The first kappa shape index (κ1) is 17.4. The van der Waals surface area contributed by atoms with Crippen LogP contribution in [-0.2, 0) is 9.53 Å². The van der Waals surface area contributed by atoms with Crippen molar-refractivity contribution in [3.63, 3.8) is 0 Å². The normalized spacial score (nSPS) is 11.6. The fourth-order valence-electron chi connectivity index (χ4n) is 1.50. The molecule has 0 unspecified atom stereocenters. The molecule has 0 saturated heterocycles. The van der Waals surface area contributed by atoms with Crippen LogP contribution in [0, 0.1) is 0 Å². The molecule has 0 aromatic carbocycles. The largest absolute Gasteiger partial charge is 0.466 e. The van der Waals surface area contributed by atoms with Gasteiger partial charge in [-0.2, -0.15) is 0 Å². The lowest BCUT2D eigenvalue weighted by Gasteiger charge is -2.16. The van der Waals surface area contributed by atoms with E-state index in [2.05, 4.69) is 30.3 Å². The first-order chi connectivity index (χ1) is 9.17. The van der Waals surface area contributed by atoms with Gasteiger partial charge in [0.2, 0.25) is 0 Å². The number of allylic oxidation sites excluding steroid dienone is 3. The lowest BCUT2D eigenvalue weighted by Crippen LogP contribution is -2.23. The first-order valence-corrected chi connectivity index (χ1v) is 6.93. The molecule has 0 N–H and O–H groups in total. The van der Waals surface area contributed by atoms with Gasteiger partial charge in [0.25, 0.3) is 0 Å². The summed E-state index contributed by atoms with van der Waals surface area (Å²) in [4.78, 5) is 17.7. The van der Waals surface area contributed by atoms with Gasteiger partial charge in [0.05, 0.1) is 12.9 Å². The Balaban J connectivity index is 4.14. The van der Waals surface area contributed by atoms with Gasteiger partial charge in [-0.25, -0.2) is 4.99 Å². The summed E-state index contributed by atoms with van der Waals surface area (Å²) in [7, 11) is 0. The smallest absolute Gasteiger partial charge is 0.305 e. The second-order valence-electron chi connectivity index (χ2n) is 4.03. The van der Waals surface area contributed by atoms with E-state index in [9.17, 15) is 4.79 Å². The predicted octanol–water partition coefficient (Wildman–Crippen LogP) is 3.16. The van der Waals surface area contributed by atoms with Crippen molar-refractivity contribution in [2.75, 3.05) is 19.7 Å². The van der Waals surface area contributed by atoms with Crippen LogP contribution in [-0.4, -0.2) is 36.9 Å². The zero-order valence-corrected chi connectivity index (χ0v) is 12.4. The maximum atomic E-state index is 11.2. The van der Waals surface area contributed by atoms with Gasteiger partial charge in [-0.15, -0.1) is 0 Å². The molecule has 0 aliphatic carbocycles. The number of carbonyl (C=O) groups is 1. The van der Waals surface area contributed by atoms with Gasteiger partial charge >= 0.3 is 5.97 Å². The Morgan fingerprint density at radius 1 is 1.37 bits per heavy atom. The number of hydrogen-bond donors (Lipinski definition) is 0. The summed E-state index contributed by atoms with van der Waals surface area (Å²) in [5.74, 6) is -0.128. The molecule has 108 valence electrons. The highest BCUT2D eigenvalue weighted by Gasteiger charge is 2.03. The summed E-state index contributed by atoms with van der Waals surface area (Å²) in [5, 5.41) is 0. The number of esters is 1. The molecule has 0 amide bonds. The van der Waals surface area contributed by atoms with Crippen molar-refractivity contribution < 1.29 is 9.53 Å². The molecule has 0 atom stereocenters. The fraction of sp³-hybridized carbons (Fsp3) is 0.600. The highest BCUT2D eigenvalue weighted by molar-refractivity contribution is 5.69. The summed E-state index contributed by atoms with van der Waals surface area (Å²) in [6, 6.07) is 0. The molecule has 0 saturated carbocycles. The number of hydrogen-bond acceptors (Lipinski definition) is 3. The molecule has 19 heavy (non-hydrogen) atoms. The van der Waals surface area contributed by atoms with E-state index in [1.165, 1.54) is 0 Å². The van der Waals surface area contributed by atoms with Crippen molar-refractivity contribution in [3.8, 4) is 0 Å². The second kappa shape index (κ2) is 11.5. The number of nitrogens with zero attached hydrogens (tertiary/aromatic N) is 2. The Bertz CT molecular complexity index is 322. The van der Waals surface area contributed by atoms with Crippen molar-refractivity contribution in [3.05, 3.63) is 24.4 Å². The van der Waals surface area contributed by atoms with Crippen molar-refractivity contribution in [1.29, 1.82) is 0 Å². The maximum absolute atomic E-state index is 11.2. The summed E-state index contributed by atoms with van der Waals surface area (Å²) in [6.07, 6.45) is 7.61. The monoisotopic (exact) mass is 266 g/mol. The molecule has 0 fully saturated rings. The number of rotatable bonds is 10. The molecule has 4 nitrogen and oxygen atoms in total. The van der Waals surface area contributed by atoms with Crippen LogP contribution in [0.3, 0.4) is 0 Å². The van der Waals surface area contributed by atoms with Crippen LogP contribution in [0.1, 0.15) is 40.0 Å². The zero-order chi connectivity index (χ0) is 14.5. The molecule has 0 aromatic rings. The molecular formula is C15H26N2O2. The third-order valence-corrected chi connectivity index (χ3v) is 2.60. The van der Waals surface area contributed by atoms with Gasteiger partial charge in [0, 0.05) is 25.2 Å². The van der Waals surface area contributed by atoms with Crippen molar-refractivity contribution >= 4 is 12.3 Å². The summed E-state index contributed by atoms with van der Waals surface area (Å²) >= 11 is 0. The minimum Gasteiger partial charge on any atom is -0.466 e. The summed E-state index contributed by atoms with van der Waals surface area (Å²) < 4.78 is 4.89. The molecule has 0 aliphatic heterocycles. The van der Waals surface area contributed by atoms with Crippen LogP contribution in [0.4, 0.5) is 0 Å². The van der Waals surface area contributed by atoms with Crippen molar-refractivity contribution in [2.24, 2.45) is 4.99 Å². The Labute approximate surface area is 116 Å². The quantitative estimate of drug-likeness (QED) is 0.264. The molecule has 0 aromatic heterocycles. The third-order valence-electron chi connectivity index (χ3n) is 2.60. The van der Waals surface area contributed by atoms with Crippen LogP contribution in [0.5, 0.6) is 0 Å². The van der Waals surface area contributed by atoms with E-state index in [1.807, 2.05) is 19.3 Å². The summed E-state index contributed by atoms with van der Waals surface area (Å²) in [5.41, 5.74) is 0.999. The number of aliphatic imine (C=N–C) groups is 1. The van der Waals surface area contributed by atoms with E-state index < -0.39 is 0 Å². The standard InChI is InChI=1S/C15H26N2O2/c1-5-10-14(6-2)16-13-17(7-3)12-9-11-15(18)19-8-4/h5,10,13H,1,6-9,11-12H2,2-4H3/b14-10+,16-13?. The van der Waals surface area contributed by atoms with Crippen LogP contribution in [0.25, 0.3) is 0 Å². The zero-order valence-electron chi connectivity index (χ0n) is 12.4. The number of carbonyl (C=O) groups excluding carboxylic acids is 1. The molecule has 0 heterocycles. The molecule has 0 spiro atoms. The van der Waals surface area contributed by atoms with E-state index in [0.29, 0.717) is 13.0 Å². The SMILES string of the molecule is C=C/C=C(\CC)N=CN(CC)CCCC(=O)OCC. The highest BCUT2D eigenvalue weighted by Crippen LogP contribution is 2.03. The van der Waals surface area contributed by atoms with Gasteiger partial charge in [0.1, 0.15) is 0 Å². The molecular weight excluding hydrogens is 240 g/mol. The Hall–Kier alpha value is -1.58. The second-order valence-corrected chi connectivity index (χ2v) is 4.03. The van der Waals surface area contributed by atoms with E-state index in [-0.39, 0.29) is 5.97 Å². The number of ether oxygens (including phenoxy) is 1. The van der Waals surface area contributed by atoms with Crippen LogP contribution in [0.15, 0.2) is 29.4 Å². The average Bonchev–Trinajstić information content (AvgIpc) is 2.41.